The van der Waals surface area contributed by atoms with Gasteiger partial charge in [0.15, 0.2) is 5.44 Å². The molecule has 1 aromatic heterocycles. The van der Waals surface area contributed by atoms with Crippen LogP contribution in [0.4, 0.5) is 0 Å². The molecule has 1 aromatic carbocycles. The number of thioether (sulfide) groups is 1. The van der Waals surface area contributed by atoms with Crippen molar-refractivity contribution in [2.75, 3.05) is 5.75 Å². The molecule has 0 bridgehead atoms. The predicted octanol–water partition coefficient (Wildman–Crippen LogP) is 1.81. The van der Waals surface area contributed by atoms with E-state index in [1.54, 1.807) is 30.5 Å². The Kier molecular flexibility index (Phi) is 5.47. The van der Waals surface area contributed by atoms with E-state index in [-0.39, 0.29) is 5.75 Å². The number of pyridine rings is 1. The summed E-state index contributed by atoms with van der Waals surface area (Å²) in [5.41, 5.74) is 1.19. The summed E-state index contributed by atoms with van der Waals surface area (Å²) in [5, 5.41) is 38.6. The fraction of sp³-hybridized carbons (Fsp3) is 0.294. The van der Waals surface area contributed by atoms with Gasteiger partial charge < -0.3 is 20.1 Å². The Morgan fingerprint density at radius 1 is 1.16 bits per heavy atom. The van der Waals surface area contributed by atoms with Crippen LogP contribution >= 0.6 is 23.4 Å². The molecule has 2 aromatic rings. The van der Waals surface area contributed by atoms with Crippen LogP contribution in [-0.2, 0) is 0 Å². The molecule has 0 saturated carbocycles. The Balaban J connectivity index is 1.80. The fourth-order valence-electron chi connectivity index (χ4n) is 2.44. The van der Waals surface area contributed by atoms with E-state index >= 15 is 0 Å². The number of benzene rings is 1. The van der Waals surface area contributed by atoms with E-state index < -0.39 is 23.7 Å². The predicted molar refractivity (Wildman–Crippen MR) is 94.3 cm³/mol. The first-order valence-electron chi connectivity index (χ1n) is 7.47. The van der Waals surface area contributed by atoms with Crippen molar-refractivity contribution in [3.63, 3.8) is 0 Å². The Bertz CT molecular complexity index is 813. The van der Waals surface area contributed by atoms with Crippen LogP contribution in [0.2, 0.25) is 5.02 Å². The fourth-order valence-corrected chi connectivity index (χ4v) is 3.79. The molecule has 6 nitrogen and oxygen atoms in total. The zero-order valence-corrected chi connectivity index (χ0v) is 14.5. The van der Waals surface area contributed by atoms with Crippen LogP contribution < -0.4 is 4.74 Å². The van der Waals surface area contributed by atoms with Gasteiger partial charge in [0, 0.05) is 17.5 Å². The van der Waals surface area contributed by atoms with Crippen LogP contribution in [0.3, 0.4) is 0 Å². The van der Waals surface area contributed by atoms with Crippen molar-refractivity contribution >= 4 is 23.4 Å². The standard InChI is InChI=1S/C17H15ClN2O4S/c18-13-4-9(1-2-10(13)5-19)11-3-12(7-20-6-11)24-17-16(23)15(22)14(21)8-25-17/h1-4,6-7,14-17,21-23H,8H2/t14-,15+,16-,17+/m1/s1. The number of rotatable bonds is 3. The van der Waals surface area contributed by atoms with Crippen LogP contribution in [0.1, 0.15) is 5.56 Å². The van der Waals surface area contributed by atoms with Crippen molar-refractivity contribution in [2.45, 2.75) is 23.7 Å². The topological polar surface area (TPSA) is 107 Å². The highest BCUT2D eigenvalue weighted by molar-refractivity contribution is 7.99. The van der Waals surface area contributed by atoms with Crippen LogP contribution in [-0.4, -0.2) is 49.8 Å². The molecule has 0 aliphatic carbocycles. The highest BCUT2D eigenvalue weighted by Crippen LogP contribution is 2.31. The van der Waals surface area contributed by atoms with Gasteiger partial charge in [-0.25, -0.2) is 0 Å². The van der Waals surface area contributed by atoms with Crippen molar-refractivity contribution < 1.29 is 20.1 Å². The molecule has 8 heteroatoms. The molecule has 1 fully saturated rings. The summed E-state index contributed by atoms with van der Waals surface area (Å²) >= 11 is 7.28. The molecule has 1 aliphatic rings. The lowest BCUT2D eigenvalue weighted by atomic mass is 10.1. The Morgan fingerprint density at radius 2 is 1.96 bits per heavy atom. The Hall–Kier alpha value is -1.82. The maximum Gasteiger partial charge on any atom is 0.173 e. The van der Waals surface area contributed by atoms with Crippen molar-refractivity contribution in [2.24, 2.45) is 0 Å². The molecule has 3 N–H and O–H groups in total. The minimum atomic E-state index is -1.25. The number of aromatic nitrogens is 1. The van der Waals surface area contributed by atoms with Crippen molar-refractivity contribution in [1.29, 1.82) is 5.26 Å². The van der Waals surface area contributed by atoms with Gasteiger partial charge in [-0.05, 0) is 23.8 Å². The zero-order valence-electron chi connectivity index (χ0n) is 12.9. The average Bonchev–Trinajstić information content (AvgIpc) is 2.62. The third-order valence-corrected chi connectivity index (χ3v) is 5.39. The highest BCUT2D eigenvalue weighted by atomic mass is 35.5. The van der Waals surface area contributed by atoms with Gasteiger partial charge in [-0.3, -0.25) is 4.98 Å². The number of halogens is 1. The van der Waals surface area contributed by atoms with Gasteiger partial charge in [0.05, 0.1) is 22.9 Å². The first kappa shape index (κ1) is 18.0. The second kappa shape index (κ2) is 7.60. The lowest BCUT2D eigenvalue weighted by Crippen LogP contribution is -2.50. The van der Waals surface area contributed by atoms with E-state index in [0.29, 0.717) is 16.3 Å². The monoisotopic (exact) mass is 378 g/mol. The smallest absolute Gasteiger partial charge is 0.173 e. The lowest BCUT2D eigenvalue weighted by Gasteiger charge is -2.34. The molecule has 2 heterocycles. The summed E-state index contributed by atoms with van der Waals surface area (Å²) in [6, 6.07) is 8.80. The van der Waals surface area contributed by atoms with Crippen molar-refractivity contribution in [1.82, 2.24) is 4.98 Å². The molecule has 0 unspecified atom stereocenters. The third-order valence-electron chi connectivity index (χ3n) is 3.84. The quantitative estimate of drug-likeness (QED) is 0.747. The van der Waals surface area contributed by atoms with E-state index in [1.165, 1.54) is 18.0 Å². The van der Waals surface area contributed by atoms with Gasteiger partial charge in [-0.1, -0.05) is 17.7 Å². The molecule has 1 aliphatic heterocycles. The SMILES string of the molecule is N#Cc1ccc(-c2cncc(O[C@H]3SC[C@@H](O)[C@H](O)[C@H]3O)c2)cc1Cl. The van der Waals surface area contributed by atoms with Crippen molar-refractivity contribution in [3.8, 4) is 22.9 Å². The second-order valence-corrected chi connectivity index (χ2v) is 7.12. The number of hydrogen-bond acceptors (Lipinski definition) is 7. The highest BCUT2D eigenvalue weighted by Gasteiger charge is 2.38. The molecule has 25 heavy (non-hydrogen) atoms. The largest absolute Gasteiger partial charge is 0.475 e. The summed E-state index contributed by atoms with van der Waals surface area (Å²) in [5.74, 6) is 0.680. The third kappa shape index (κ3) is 3.89. The van der Waals surface area contributed by atoms with Crippen LogP contribution in [0, 0.1) is 11.3 Å². The summed E-state index contributed by atoms with van der Waals surface area (Å²) < 4.78 is 5.72. The van der Waals surface area contributed by atoms with E-state index in [4.69, 9.17) is 21.6 Å². The van der Waals surface area contributed by atoms with Crippen LogP contribution in [0.25, 0.3) is 11.1 Å². The summed E-state index contributed by atoms with van der Waals surface area (Å²) in [6.45, 7) is 0. The first-order valence-corrected chi connectivity index (χ1v) is 8.90. The summed E-state index contributed by atoms with van der Waals surface area (Å²) in [7, 11) is 0. The second-order valence-electron chi connectivity index (χ2n) is 5.58. The van der Waals surface area contributed by atoms with Crippen LogP contribution in [0.15, 0.2) is 36.7 Å². The molecule has 3 rings (SSSR count). The van der Waals surface area contributed by atoms with E-state index in [1.807, 2.05) is 6.07 Å². The van der Waals surface area contributed by atoms with E-state index in [2.05, 4.69) is 4.98 Å². The molecule has 0 amide bonds. The van der Waals surface area contributed by atoms with Gasteiger partial charge in [-0.15, -0.1) is 11.8 Å². The molecule has 1 saturated heterocycles. The molecular formula is C17H15ClN2O4S. The molecule has 0 spiro atoms. The molecule has 0 radical (unpaired) electrons. The zero-order chi connectivity index (χ0) is 18.0. The first-order chi connectivity index (χ1) is 12.0. The molecular weight excluding hydrogens is 364 g/mol. The van der Waals surface area contributed by atoms with Gasteiger partial charge in [0.2, 0.25) is 0 Å². The summed E-state index contributed by atoms with van der Waals surface area (Å²) in [4.78, 5) is 4.12. The normalized spacial score (nSPS) is 26.0. The average molecular weight is 379 g/mol. The summed E-state index contributed by atoms with van der Waals surface area (Å²) in [6.07, 6.45) is -0.306. The number of nitrogens with zero attached hydrogens (tertiary/aromatic N) is 2. The van der Waals surface area contributed by atoms with Crippen LogP contribution in [0.5, 0.6) is 5.75 Å². The minimum absolute atomic E-state index is 0.265. The van der Waals surface area contributed by atoms with Crippen molar-refractivity contribution in [3.05, 3.63) is 47.2 Å². The number of hydrogen-bond donors (Lipinski definition) is 3. The number of nitriles is 1. The van der Waals surface area contributed by atoms with E-state index in [0.717, 1.165) is 11.1 Å². The van der Waals surface area contributed by atoms with Gasteiger partial charge in [-0.2, -0.15) is 5.26 Å². The Labute approximate surface area is 153 Å². The number of aliphatic hydroxyl groups excluding tert-OH is 3. The number of aliphatic hydroxyl groups is 3. The minimum Gasteiger partial charge on any atom is -0.475 e. The number of ether oxygens (including phenoxy) is 1. The van der Waals surface area contributed by atoms with E-state index in [9.17, 15) is 15.3 Å². The Morgan fingerprint density at radius 3 is 2.68 bits per heavy atom. The molecule has 4 atom stereocenters. The maximum atomic E-state index is 10.0. The van der Waals surface area contributed by atoms with Gasteiger partial charge >= 0.3 is 0 Å². The van der Waals surface area contributed by atoms with Gasteiger partial charge in [0.25, 0.3) is 0 Å². The molecule has 130 valence electrons. The maximum absolute atomic E-state index is 10.0. The van der Waals surface area contributed by atoms with Gasteiger partial charge in [0.1, 0.15) is 24.0 Å². The lowest BCUT2D eigenvalue weighted by molar-refractivity contribution is -0.0786.